The van der Waals surface area contributed by atoms with Crippen LogP contribution in [0.15, 0.2) is 30.3 Å². The summed E-state index contributed by atoms with van der Waals surface area (Å²) >= 11 is 6.18. The summed E-state index contributed by atoms with van der Waals surface area (Å²) in [4.78, 5) is 11.7. The molecule has 0 aromatic heterocycles. The van der Waals surface area contributed by atoms with Gasteiger partial charge in [-0.25, -0.2) is 0 Å². The van der Waals surface area contributed by atoms with Gasteiger partial charge in [-0.2, -0.15) is 0 Å². The fourth-order valence-electron chi connectivity index (χ4n) is 2.46. The lowest BCUT2D eigenvalue weighted by atomic mass is 10.1. The van der Waals surface area contributed by atoms with Gasteiger partial charge in [0.15, 0.2) is 0 Å². The third kappa shape index (κ3) is 4.02. The highest BCUT2D eigenvalue weighted by Crippen LogP contribution is 2.29. The molecular weight excluding hydrogens is 246 g/mol. The molecule has 1 fully saturated rings. The summed E-state index contributed by atoms with van der Waals surface area (Å²) in [5.41, 5.74) is 1.21. The van der Waals surface area contributed by atoms with E-state index in [2.05, 4.69) is 17.4 Å². The van der Waals surface area contributed by atoms with Gasteiger partial charge in [0.25, 0.3) is 0 Å². The SMILES string of the molecule is O=C(CCc1ccccc1)NCC1CCCC1Cl. The van der Waals surface area contributed by atoms with Crippen LogP contribution < -0.4 is 5.32 Å². The minimum Gasteiger partial charge on any atom is -0.356 e. The predicted octanol–water partition coefficient (Wildman–Crippen LogP) is 3.14. The summed E-state index contributed by atoms with van der Waals surface area (Å²) in [5, 5.41) is 3.25. The van der Waals surface area contributed by atoms with E-state index in [9.17, 15) is 4.79 Å². The third-order valence-electron chi connectivity index (χ3n) is 3.61. The van der Waals surface area contributed by atoms with Crippen LogP contribution in [0.4, 0.5) is 0 Å². The second kappa shape index (κ2) is 6.79. The van der Waals surface area contributed by atoms with Crippen molar-refractivity contribution in [2.45, 2.75) is 37.5 Å². The summed E-state index contributed by atoms with van der Waals surface area (Å²) in [6, 6.07) is 10.1. The Balaban J connectivity index is 1.66. The van der Waals surface area contributed by atoms with Gasteiger partial charge in [-0.15, -0.1) is 11.6 Å². The molecule has 1 saturated carbocycles. The quantitative estimate of drug-likeness (QED) is 0.815. The van der Waals surface area contributed by atoms with Crippen molar-refractivity contribution >= 4 is 17.5 Å². The van der Waals surface area contributed by atoms with Crippen molar-refractivity contribution < 1.29 is 4.79 Å². The first-order chi connectivity index (χ1) is 8.75. The standard InChI is InChI=1S/C15H20ClNO/c16-14-8-4-7-13(14)11-17-15(18)10-9-12-5-2-1-3-6-12/h1-3,5-6,13-14H,4,7-11H2,(H,17,18). The molecular formula is C15H20ClNO. The Morgan fingerprint density at radius 1 is 1.28 bits per heavy atom. The molecule has 0 radical (unpaired) electrons. The van der Waals surface area contributed by atoms with Crippen LogP contribution in [0.1, 0.15) is 31.2 Å². The van der Waals surface area contributed by atoms with Gasteiger partial charge >= 0.3 is 0 Å². The van der Waals surface area contributed by atoms with Gasteiger partial charge in [0.1, 0.15) is 0 Å². The highest BCUT2D eigenvalue weighted by molar-refractivity contribution is 6.20. The number of aryl methyl sites for hydroxylation is 1. The maximum absolute atomic E-state index is 11.7. The predicted molar refractivity (Wildman–Crippen MR) is 74.8 cm³/mol. The summed E-state index contributed by atoms with van der Waals surface area (Å²) in [6.45, 7) is 0.738. The zero-order valence-corrected chi connectivity index (χ0v) is 11.3. The third-order valence-corrected chi connectivity index (χ3v) is 4.19. The van der Waals surface area contributed by atoms with Gasteiger partial charge < -0.3 is 5.32 Å². The highest BCUT2D eigenvalue weighted by atomic mass is 35.5. The topological polar surface area (TPSA) is 29.1 Å². The van der Waals surface area contributed by atoms with Gasteiger partial charge in [0.2, 0.25) is 5.91 Å². The van der Waals surface area contributed by atoms with Gasteiger partial charge in [0, 0.05) is 18.3 Å². The number of carbonyl (C=O) groups is 1. The zero-order chi connectivity index (χ0) is 12.8. The van der Waals surface area contributed by atoms with Crippen LogP contribution in [0.2, 0.25) is 0 Å². The average molecular weight is 266 g/mol. The number of nitrogens with one attached hydrogen (secondary N) is 1. The number of benzene rings is 1. The Labute approximate surface area is 114 Å². The molecule has 0 spiro atoms. The molecule has 3 heteroatoms. The van der Waals surface area contributed by atoms with Crippen molar-refractivity contribution in [1.29, 1.82) is 0 Å². The van der Waals surface area contributed by atoms with Crippen LogP contribution in [0.3, 0.4) is 0 Å². The Kier molecular flexibility index (Phi) is 5.06. The Bertz CT molecular complexity index is 379. The normalized spacial score (nSPS) is 22.9. The van der Waals surface area contributed by atoms with Crippen molar-refractivity contribution in [3.05, 3.63) is 35.9 Å². The monoisotopic (exact) mass is 265 g/mol. The fraction of sp³-hybridized carbons (Fsp3) is 0.533. The fourth-order valence-corrected chi connectivity index (χ4v) is 2.83. The molecule has 1 aliphatic carbocycles. The van der Waals surface area contributed by atoms with E-state index in [4.69, 9.17) is 11.6 Å². The first-order valence-corrected chi connectivity index (χ1v) is 7.14. The maximum Gasteiger partial charge on any atom is 0.220 e. The van der Waals surface area contributed by atoms with Crippen LogP contribution in [0, 0.1) is 5.92 Å². The van der Waals surface area contributed by atoms with Crippen LogP contribution in [-0.4, -0.2) is 17.8 Å². The number of amides is 1. The molecule has 1 N–H and O–H groups in total. The summed E-state index contributed by atoms with van der Waals surface area (Å²) in [5.74, 6) is 0.599. The van der Waals surface area contributed by atoms with E-state index >= 15 is 0 Å². The molecule has 2 atom stereocenters. The largest absolute Gasteiger partial charge is 0.356 e. The minimum atomic E-state index is 0.134. The van der Waals surface area contributed by atoms with E-state index in [1.807, 2.05) is 18.2 Å². The smallest absolute Gasteiger partial charge is 0.220 e. The highest BCUT2D eigenvalue weighted by Gasteiger charge is 2.25. The minimum absolute atomic E-state index is 0.134. The van der Waals surface area contributed by atoms with E-state index in [1.165, 1.54) is 12.0 Å². The molecule has 2 nitrogen and oxygen atoms in total. The Hall–Kier alpha value is -1.02. The van der Waals surface area contributed by atoms with E-state index in [-0.39, 0.29) is 11.3 Å². The first kappa shape index (κ1) is 13.4. The van der Waals surface area contributed by atoms with E-state index in [0.717, 1.165) is 25.8 Å². The number of carbonyl (C=O) groups excluding carboxylic acids is 1. The average Bonchev–Trinajstić information content (AvgIpc) is 2.81. The number of hydrogen-bond acceptors (Lipinski definition) is 1. The van der Waals surface area contributed by atoms with Crippen molar-refractivity contribution in [3.8, 4) is 0 Å². The molecule has 98 valence electrons. The summed E-state index contributed by atoms with van der Waals surface area (Å²) in [6.07, 6.45) is 4.79. The molecule has 0 heterocycles. The second-order valence-corrected chi connectivity index (χ2v) is 5.56. The van der Waals surface area contributed by atoms with Crippen molar-refractivity contribution in [2.24, 2.45) is 5.92 Å². The number of rotatable bonds is 5. The number of alkyl halides is 1. The number of hydrogen-bond donors (Lipinski definition) is 1. The Morgan fingerprint density at radius 2 is 2.06 bits per heavy atom. The molecule has 1 aliphatic rings. The molecule has 0 saturated heterocycles. The first-order valence-electron chi connectivity index (χ1n) is 6.70. The molecule has 18 heavy (non-hydrogen) atoms. The molecule has 1 aromatic rings. The lowest BCUT2D eigenvalue weighted by Gasteiger charge is -2.14. The Morgan fingerprint density at radius 3 is 2.72 bits per heavy atom. The molecule has 1 amide bonds. The van der Waals surface area contributed by atoms with Crippen molar-refractivity contribution in [2.75, 3.05) is 6.54 Å². The molecule has 2 rings (SSSR count). The molecule has 0 bridgehead atoms. The van der Waals surface area contributed by atoms with Crippen LogP contribution in [0.5, 0.6) is 0 Å². The maximum atomic E-state index is 11.7. The van der Waals surface area contributed by atoms with E-state index in [1.54, 1.807) is 0 Å². The summed E-state index contributed by atoms with van der Waals surface area (Å²) in [7, 11) is 0. The summed E-state index contributed by atoms with van der Waals surface area (Å²) < 4.78 is 0. The van der Waals surface area contributed by atoms with Crippen molar-refractivity contribution in [1.82, 2.24) is 5.32 Å². The van der Waals surface area contributed by atoms with Gasteiger partial charge in [-0.3, -0.25) is 4.79 Å². The lowest BCUT2D eigenvalue weighted by Crippen LogP contribution is -2.31. The molecule has 2 unspecified atom stereocenters. The zero-order valence-electron chi connectivity index (χ0n) is 10.6. The van der Waals surface area contributed by atoms with Crippen LogP contribution in [0.25, 0.3) is 0 Å². The van der Waals surface area contributed by atoms with Gasteiger partial charge in [0.05, 0.1) is 0 Å². The lowest BCUT2D eigenvalue weighted by molar-refractivity contribution is -0.121. The van der Waals surface area contributed by atoms with Crippen LogP contribution >= 0.6 is 11.6 Å². The molecule has 0 aliphatic heterocycles. The number of halogens is 1. The van der Waals surface area contributed by atoms with E-state index < -0.39 is 0 Å². The van der Waals surface area contributed by atoms with Crippen LogP contribution in [-0.2, 0) is 11.2 Å². The van der Waals surface area contributed by atoms with Gasteiger partial charge in [-0.05, 0) is 30.7 Å². The van der Waals surface area contributed by atoms with Gasteiger partial charge in [-0.1, -0.05) is 36.8 Å². The van der Waals surface area contributed by atoms with Crippen molar-refractivity contribution in [3.63, 3.8) is 0 Å². The van der Waals surface area contributed by atoms with E-state index in [0.29, 0.717) is 12.3 Å². The molecule has 1 aromatic carbocycles. The second-order valence-electron chi connectivity index (χ2n) is 5.00.